The van der Waals surface area contributed by atoms with Gasteiger partial charge in [-0.15, -0.1) is 0 Å². The fourth-order valence-corrected chi connectivity index (χ4v) is 5.28. The molecule has 1 aliphatic rings. The normalized spacial score (nSPS) is 18.1. The van der Waals surface area contributed by atoms with E-state index < -0.39 is 15.9 Å². The summed E-state index contributed by atoms with van der Waals surface area (Å²) >= 11 is 0. The third-order valence-electron chi connectivity index (χ3n) is 4.93. The van der Waals surface area contributed by atoms with Crippen molar-refractivity contribution >= 4 is 26.8 Å². The van der Waals surface area contributed by atoms with Crippen molar-refractivity contribution in [2.75, 3.05) is 26.3 Å². The Labute approximate surface area is 166 Å². The van der Waals surface area contributed by atoms with E-state index >= 15 is 0 Å². The highest BCUT2D eigenvalue weighted by Crippen LogP contribution is 2.34. The number of hydrogen-bond donors (Lipinski definition) is 0. The average Bonchev–Trinajstić information content (AvgIpc) is 2.72. The lowest BCUT2D eigenvalue weighted by Gasteiger charge is -2.31. The van der Waals surface area contributed by atoms with E-state index in [9.17, 15) is 13.2 Å². The molecule has 1 fully saturated rings. The van der Waals surface area contributed by atoms with E-state index in [1.54, 1.807) is 25.1 Å². The predicted octanol–water partition coefficient (Wildman–Crippen LogP) is 3.59. The average molecular weight is 406 g/mol. The molecule has 0 saturated carbocycles. The number of esters is 1. The second kappa shape index (κ2) is 8.92. The molecule has 0 unspecified atom stereocenters. The molecule has 1 aliphatic heterocycles. The summed E-state index contributed by atoms with van der Waals surface area (Å²) in [6, 6.07) is 10.7. The van der Waals surface area contributed by atoms with Gasteiger partial charge in [-0.25, -0.2) is 8.42 Å². The highest BCUT2D eigenvalue weighted by Gasteiger charge is 2.34. The summed E-state index contributed by atoms with van der Waals surface area (Å²) in [5.41, 5.74) is 0. The SMILES string of the molecule is CCCOc1ccc(S(=O)(=O)N2CCC[C@@H](C(=O)OCC)C2)c2ccccc12. The zero-order chi connectivity index (χ0) is 20.1. The summed E-state index contributed by atoms with van der Waals surface area (Å²) in [6.07, 6.45) is 2.16. The molecule has 28 heavy (non-hydrogen) atoms. The molecule has 0 radical (unpaired) electrons. The van der Waals surface area contributed by atoms with Gasteiger partial charge in [-0.3, -0.25) is 4.79 Å². The zero-order valence-corrected chi connectivity index (χ0v) is 17.2. The van der Waals surface area contributed by atoms with Crippen LogP contribution >= 0.6 is 0 Å². The first-order valence-corrected chi connectivity index (χ1v) is 11.2. The summed E-state index contributed by atoms with van der Waals surface area (Å²) in [5.74, 6) is -0.0584. The highest BCUT2D eigenvalue weighted by molar-refractivity contribution is 7.89. The maximum Gasteiger partial charge on any atom is 0.310 e. The Hall–Kier alpha value is -2.12. The third-order valence-corrected chi connectivity index (χ3v) is 6.85. The lowest BCUT2D eigenvalue weighted by molar-refractivity contribution is -0.149. The number of nitrogens with zero attached hydrogens (tertiary/aromatic N) is 1. The van der Waals surface area contributed by atoms with Crippen LogP contribution < -0.4 is 4.74 Å². The second-order valence-corrected chi connectivity index (χ2v) is 8.82. The first kappa shape index (κ1) is 20.6. The van der Waals surface area contributed by atoms with Crippen LogP contribution in [0.25, 0.3) is 10.8 Å². The molecule has 0 bridgehead atoms. The van der Waals surface area contributed by atoms with E-state index in [0.717, 1.165) is 11.8 Å². The lowest BCUT2D eigenvalue weighted by atomic mass is 10.0. The van der Waals surface area contributed by atoms with E-state index in [-0.39, 0.29) is 17.4 Å². The minimum absolute atomic E-state index is 0.156. The standard InChI is InChI=1S/C21H27NO5S/c1-3-14-27-19-11-12-20(18-10-6-5-9-17(18)19)28(24,25)22-13-7-8-16(15-22)21(23)26-4-2/h5-6,9-12,16H,3-4,7-8,13-15H2,1-2H3/t16-/m1/s1. The summed E-state index contributed by atoms with van der Waals surface area (Å²) in [6.45, 7) is 5.21. The smallest absolute Gasteiger partial charge is 0.310 e. The van der Waals surface area contributed by atoms with Gasteiger partial charge in [0.15, 0.2) is 0 Å². The number of carbonyl (C=O) groups excluding carboxylic acids is 1. The molecule has 2 aromatic carbocycles. The van der Waals surface area contributed by atoms with Crippen molar-refractivity contribution in [2.24, 2.45) is 5.92 Å². The van der Waals surface area contributed by atoms with Gasteiger partial charge in [0.2, 0.25) is 10.0 Å². The van der Waals surface area contributed by atoms with Gasteiger partial charge >= 0.3 is 5.97 Å². The molecule has 1 atom stereocenters. The number of carbonyl (C=O) groups is 1. The fourth-order valence-electron chi connectivity index (χ4n) is 3.56. The van der Waals surface area contributed by atoms with Crippen LogP contribution in [-0.2, 0) is 19.6 Å². The predicted molar refractivity (Wildman–Crippen MR) is 108 cm³/mol. The molecule has 3 rings (SSSR count). The Morgan fingerprint density at radius 2 is 1.89 bits per heavy atom. The Balaban J connectivity index is 1.95. The van der Waals surface area contributed by atoms with E-state index in [1.165, 1.54) is 4.31 Å². The molecular formula is C21H27NO5S. The number of benzene rings is 2. The van der Waals surface area contributed by atoms with Crippen LogP contribution in [0.2, 0.25) is 0 Å². The van der Waals surface area contributed by atoms with Gasteiger partial charge in [0, 0.05) is 23.9 Å². The Morgan fingerprint density at radius 1 is 1.14 bits per heavy atom. The van der Waals surface area contributed by atoms with E-state index in [1.807, 2.05) is 25.1 Å². The number of hydrogen-bond acceptors (Lipinski definition) is 5. The van der Waals surface area contributed by atoms with Crippen LogP contribution in [0.5, 0.6) is 5.75 Å². The molecule has 152 valence electrons. The Morgan fingerprint density at radius 3 is 2.61 bits per heavy atom. The third kappa shape index (κ3) is 4.15. The molecule has 6 nitrogen and oxygen atoms in total. The number of fused-ring (bicyclic) bond motifs is 1. The topological polar surface area (TPSA) is 72.9 Å². The monoisotopic (exact) mass is 405 g/mol. The van der Waals surface area contributed by atoms with Crippen molar-refractivity contribution in [3.8, 4) is 5.75 Å². The highest BCUT2D eigenvalue weighted by atomic mass is 32.2. The number of piperidine rings is 1. The van der Waals surface area contributed by atoms with Gasteiger partial charge in [0.05, 0.1) is 24.0 Å². The number of ether oxygens (including phenoxy) is 2. The van der Waals surface area contributed by atoms with Crippen molar-refractivity contribution in [3.63, 3.8) is 0 Å². The van der Waals surface area contributed by atoms with Crippen LogP contribution in [0.1, 0.15) is 33.1 Å². The van der Waals surface area contributed by atoms with E-state index in [4.69, 9.17) is 9.47 Å². The van der Waals surface area contributed by atoms with Crippen LogP contribution in [-0.4, -0.2) is 45.0 Å². The van der Waals surface area contributed by atoms with Gasteiger partial charge in [-0.05, 0) is 38.3 Å². The van der Waals surface area contributed by atoms with E-state index in [2.05, 4.69) is 0 Å². The zero-order valence-electron chi connectivity index (χ0n) is 16.4. The molecule has 0 spiro atoms. The van der Waals surface area contributed by atoms with Gasteiger partial charge in [0.25, 0.3) is 0 Å². The largest absolute Gasteiger partial charge is 0.493 e. The summed E-state index contributed by atoms with van der Waals surface area (Å²) in [7, 11) is -3.74. The molecule has 2 aromatic rings. The fraction of sp³-hybridized carbons (Fsp3) is 0.476. The molecule has 1 heterocycles. The minimum Gasteiger partial charge on any atom is -0.493 e. The van der Waals surface area contributed by atoms with Crippen molar-refractivity contribution in [1.29, 1.82) is 0 Å². The molecule has 7 heteroatoms. The van der Waals surface area contributed by atoms with Gasteiger partial charge in [-0.2, -0.15) is 4.31 Å². The molecular weight excluding hydrogens is 378 g/mol. The second-order valence-electron chi connectivity index (χ2n) is 6.91. The maximum absolute atomic E-state index is 13.4. The van der Waals surface area contributed by atoms with Crippen LogP contribution in [0, 0.1) is 5.92 Å². The van der Waals surface area contributed by atoms with Crippen molar-refractivity contribution < 1.29 is 22.7 Å². The maximum atomic E-state index is 13.4. The van der Waals surface area contributed by atoms with Gasteiger partial charge in [-0.1, -0.05) is 31.2 Å². The first-order valence-electron chi connectivity index (χ1n) is 9.80. The van der Waals surface area contributed by atoms with Crippen molar-refractivity contribution in [2.45, 2.75) is 38.0 Å². The summed E-state index contributed by atoms with van der Waals surface area (Å²) < 4.78 is 39.1. The Bertz CT molecular complexity index is 941. The van der Waals surface area contributed by atoms with Crippen LogP contribution in [0.15, 0.2) is 41.3 Å². The summed E-state index contributed by atoms with van der Waals surface area (Å²) in [4.78, 5) is 12.4. The minimum atomic E-state index is -3.74. The molecule has 0 N–H and O–H groups in total. The molecule has 0 amide bonds. The quantitative estimate of drug-likeness (QED) is 0.658. The van der Waals surface area contributed by atoms with Crippen LogP contribution in [0.4, 0.5) is 0 Å². The van der Waals surface area contributed by atoms with E-state index in [0.29, 0.717) is 43.7 Å². The number of sulfonamides is 1. The Kier molecular flexibility index (Phi) is 6.57. The molecule has 0 aromatic heterocycles. The number of rotatable bonds is 7. The summed E-state index contributed by atoms with van der Waals surface area (Å²) in [5, 5.41) is 1.41. The lowest BCUT2D eigenvalue weighted by Crippen LogP contribution is -2.42. The van der Waals surface area contributed by atoms with Crippen LogP contribution in [0.3, 0.4) is 0 Å². The van der Waals surface area contributed by atoms with Gasteiger partial charge in [0.1, 0.15) is 5.75 Å². The van der Waals surface area contributed by atoms with Crippen molar-refractivity contribution in [1.82, 2.24) is 4.31 Å². The first-order chi connectivity index (χ1) is 13.5. The molecule has 1 saturated heterocycles. The van der Waals surface area contributed by atoms with Gasteiger partial charge < -0.3 is 9.47 Å². The van der Waals surface area contributed by atoms with Crippen molar-refractivity contribution in [3.05, 3.63) is 36.4 Å². The molecule has 0 aliphatic carbocycles.